The van der Waals surface area contributed by atoms with Crippen molar-refractivity contribution in [2.75, 3.05) is 11.2 Å². The van der Waals surface area contributed by atoms with Gasteiger partial charge in [0.1, 0.15) is 21.7 Å². The summed E-state index contributed by atoms with van der Waals surface area (Å²) in [5, 5.41) is 2.46. The van der Waals surface area contributed by atoms with Crippen LogP contribution in [-0.4, -0.2) is 28.2 Å². The summed E-state index contributed by atoms with van der Waals surface area (Å²) < 4.78 is 35.6. The van der Waals surface area contributed by atoms with Crippen molar-refractivity contribution in [2.45, 2.75) is 26.8 Å². The summed E-state index contributed by atoms with van der Waals surface area (Å²) in [7, 11) is -4.45. The Labute approximate surface area is 157 Å². The van der Waals surface area contributed by atoms with Crippen molar-refractivity contribution in [3.05, 3.63) is 46.4 Å². The number of aromatic nitrogens is 2. The molecule has 1 N–H and O–H groups in total. The molecule has 0 aliphatic carbocycles. The van der Waals surface area contributed by atoms with E-state index in [-0.39, 0.29) is 40.8 Å². The van der Waals surface area contributed by atoms with Crippen LogP contribution in [0.5, 0.6) is 0 Å². The fourth-order valence-electron chi connectivity index (χ4n) is 2.32. The minimum absolute atomic E-state index is 0. The fourth-order valence-corrected chi connectivity index (χ4v) is 2.64. The van der Waals surface area contributed by atoms with E-state index in [1.165, 1.54) is 4.68 Å². The molecule has 0 saturated carbocycles. The molecule has 0 bridgehead atoms. The van der Waals surface area contributed by atoms with Gasteiger partial charge in [-0.25, -0.2) is 13.1 Å². The van der Waals surface area contributed by atoms with Crippen LogP contribution >= 0.6 is 0 Å². The second kappa shape index (κ2) is 8.16. The maximum absolute atomic E-state index is 12.6. The standard InChI is InChI=1S/C14H19N3O4S.Na/c1-3-9-16-11(2)13(15-10-22(19,20)21)14(18)17(16)12-7-5-4-6-8-12;/h4-8,15H,3,9-10H2,1-2H3,(H,19,20,21);/q;+1/p-1. The molecule has 0 aliphatic heterocycles. The minimum Gasteiger partial charge on any atom is -0.747 e. The van der Waals surface area contributed by atoms with Crippen LogP contribution in [0.3, 0.4) is 0 Å². The minimum atomic E-state index is -4.45. The van der Waals surface area contributed by atoms with Gasteiger partial charge in [0.2, 0.25) is 0 Å². The van der Waals surface area contributed by atoms with E-state index in [4.69, 9.17) is 0 Å². The SMILES string of the molecule is CCCn1c(C)c(NCS(=O)(=O)[O-])c(=O)n1-c1ccccc1.[Na+]. The van der Waals surface area contributed by atoms with Crippen molar-refractivity contribution in [1.29, 1.82) is 0 Å². The van der Waals surface area contributed by atoms with Crippen molar-refractivity contribution in [3.63, 3.8) is 0 Å². The predicted octanol–water partition coefficient (Wildman–Crippen LogP) is -1.72. The van der Waals surface area contributed by atoms with E-state index in [9.17, 15) is 17.8 Å². The molecule has 7 nitrogen and oxygen atoms in total. The van der Waals surface area contributed by atoms with Gasteiger partial charge in [-0.05, 0) is 25.5 Å². The molecule has 0 aliphatic rings. The van der Waals surface area contributed by atoms with Crippen molar-refractivity contribution in [1.82, 2.24) is 9.36 Å². The average Bonchev–Trinajstić information content (AvgIpc) is 2.69. The Morgan fingerprint density at radius 3 is 2.35 bits per heavy atom. The van der Waals surface area contributed by atoms with Crippen molar-refractivity contribution < 1.29 is 42.5 Å². The second-order valence-electron chi connectivity index (χ2n) is 4.91. The van der Waals surface area contributed by atoms with Crippen LogP contribution in [0.2, 0.25) is 0 Å². The first-order valence-corrected chi connectivity index (χ1v) is 8.48. The number of hydrogen-bond acceptors (Lipinski definition) is 5. The van der Waals surface area contributed by atoms with Crippen LogP contribution in [-0.2, 0) is 16.7 Å². The molecular weight excluding hydrogens is 329 g/mol. The number of rotatable bonds is 6. The number of hydrogen-bond donors (Lipinski definition) is 1. The molecule has 9 heteroatoms. The third kappa shape index (κ3) is 4.71. The molecule has 0 radical (unpaired) electrons. The second-order valence-corrected chi connectivity index (χ2v) is 6.32. The van der Waals surface area contributed by atoms with E-state index in [1.54, 1.807) is 23.7 Å². The summed E-state index contributed by atoms with van der Waals surface area (Å²) in [6.07, 6.45) is 0.807. The van der Waals surface area contributed by atoms with E-state index < -0.39 is 16.0 Å². The largest absolute Gasteiger partial charge is 1.00 e. The van der Waals surface area contributed by atoms with Crippen LogP contribution in [0.4, 0.5) is 5.69 Å². The topological polar surface area (TPSA) is 96.2 Å². The van der Waals surface area contributed by atoms with Gasteiger partial charge in [0.15, 0.2) is 0 Å². The molecule has 1 aromatic heterocycles. The molecule has 1 aromatic carbocycles. The molecular formula is C14H18N3NaO4S. The van der Waals surface area contributed by atoms with Gasteiger partial charge in [-0.1, -0.05) is 25.1 Å². The molecule has 0 atom stereocenters. The van der Waals surface area contributed by atoms with E-state index in [0.717, 1.165) is 6.42 Å². The van der Waals surface area contributed by atoms with Crippen LogP contribution in [0.15, 0.2) is 35.1 Å². The van der Waals surface area contributed by atoms with E-state index in [2.05, 4.69) is 5.32 Å². The summed E-state index contributed by atoms with van der Waals surface area (Å²) in [4.78, 5) is 12.6. The molecule has 120 valence electrons. The summed E-state index contributed by atoms with van der Waals surface area (Å²) in [6, 6.07) is 9.06. The first-order chi connectivity index (χ1) is 10.3. The molecule has 1 heterocycles. The van der Waals surface area contributed by atoms with Gasteiger partial charge in [0.05, 0.1) is 11.4 Å². The van der Waals surface area contributed by atoms with Gasteiger partial charge in [0.25, 0.3) is 5.56 Å². The summed E-state index contributed by atoms with van der Waals surface area (Å²) in [5.74, 6) is -0.811. The zero-order valence-electron chi connectivity index (χ0n) is 13.4. The van der Waals surface area contributed by atoms with Crippen molar-refractivity contribution in [3.8, 4) is 5.69 Å². The molecule has 0 fully saturated rings. The zero-order chi connectivity index (χ0) is 16.3. The normalized spacial score (nSPS) is 11.1. The Hall–Kier alpha value is -1.06. The van der Waals surface area contributed by atoms with E-state index in [1.807, 2.05) is 25.1 Å². The molecule has 0 amide bonds. The fraction of sp³-hybridized carbons (Fsp3) is 0.357. The molecule has 0 saturated heterocycles. The summed E-state index contributed by atoms with van der Waals surface area (Å²) >= 11 is 0. The number of benzene rings is 1. The van der Waals surface area contributed by atoms with E-state index >= 15 is 0 Å². The van der Waals surface area contributed by atoms with Crippen LogP contribution < -0.4 is 40.4 Å². The van der Waals surface area contributed by atoms with Gasteiger partial charge >= 0.3 is 29.6 Å². The number of anilines is 1. The van der Waals surface area contributed by atoms with E-state index in [0.29, 0.717) is 17.9 Å². The number of nitrogens with one attached hydrogen (secondary N) is 1. The van der Waals surface area contributed by atoms with Gasteiger partial charge in [-0.2, -0.15) is 0 Å². The Morgan fingerprint density at radius 2 is 1.83 bits per heavy atom. The average molecular weight is 347 g/mol. The Balaban J connectivity index is 0.00000264. The third-order valence-electron chi connectivity index (χ3n) is 3.26. The van der Waals surface area contributed by atoms with Crippen LogP contribution in [0, 0.1) is 6.92 Å². The van der Waals surface area contributed by atoms with Crippen LogP contribution in [0.1, 0.15) is 19.0 Å². The Kier molecular flexibility index (Phi) is 7.09. The summed E-state index contributed by atoms with van der Waals surface area (Å²) in [6.45, 7) is 4.30. The third-order valence-corrected chi connectivity index (χ3v) is 3.76. The van der Waals surface area contributed by atoms with Crippen molar-refractivity contribution in [2.24, 2.45) is 0 Å². The first kappa shape index (κ1) is 20.0. The molecule has 0 unspecified atom stereocenters. The maximum Gasteiger partial charge on any atom is 1.00 e. The van der Waals surface area contributed by atoms with Gasteiger partial charge < -0.3 is 9.87 Å². The first-order valence-electron chi connectivity index (χ1n) is 6.90. The van der Waals surface area contributed by atoms with Crippen LogP contribution in [0.25, 0.3) is 5.69 Å². The molecule has 0 spiro atoms. The Bertz CT molecular complexity index is 813. The smallest absolute Gasteiger partial charge is 0.747 e. The monoisotopic (exact) mass is 347 g/mol. The molecule has 23 heavy (non-hydrogen) atoms. The van der Waals surface area contributed by atoms with Crippen molar-refractivity contribution >= 4 is 15.8 Å². The Morgan fingerprint density at radius 1 is 1.22 bits per heavy atom. The quantitative estimate of drug-likeness (QED) is 0.495. The summed E-state index contributed by atoms with van der Waals surface area (Å²) in [5.41, 5.74) is 1.04. The molecule has 2 aromatic rings. The van der Waals surface area contributed by atoms with Gasteiger partial charge in [0, 0.05) is 6.54 Å². The molecule has 2 rings (SSSR count). The maximum atomic E-state index is 12.6. The van der Waals surface area contributed by atoms with Gasteiger partial charge in [-0.3, -0.25) is 9.48 Å². The zero-order valence-corrected chi connectivity index (χ0v) is 16.3. The van der Waals surface area contributed by atoms with Gasteiger partial charge in [-0.15, -0.1) is 0 Å². The number of nitrogens with zero attached hydrogens (tertiary/aromatic N) is 2. The number of para-hydroxylation sites is 1. The predicted molar refractivity (Wildman–Crippen MR) is 83.2 cm³/mol.